The minimum atomic E-state index is -0.531. The van der Waals surface area contributed by atoms with E-state index in [9.17, 15) is 4.79 Å². The van der Waals surface area contributed by atoms with Gasteiger partial charge in [0, 0.05) is 13.2 Å². The first-order chi connectivity index (χ1) is 9.43. The number of halogens is 1. The van der Waals surface area contributed by atoms with Crippen molar-refractivity contribution in [3.05, 3.63) is 28.3 Å². The minimum Gasteiger partial charge on any atom is -0.461 e. The number of rotatable bonds is 4. The van der Waals surface area contributed by atoms with Gasteiger partial charge in [0.1, 0.15) is 0 Å². The van der Waals surface area contributed by atoms with Crippen molar-refractivity contribution in [3.63, 3.8) is 0 Å². The molecule has 2 heterocycles. The Balaban J connectivity index is 2.27. The van der Waals surface area contributed by atoms with E-state index in [4.69, 9.17) is 22.1 Å². The summed E-state index contributed by atoms with van der Waals surface area (Å²) >= 11 is 6.18. The van der Waals surface area contributed by atoms with Gasteiger partial charge in [0.15, 0.2) is 5.69 Å². The zero-order chi connectivity index (χ0) is 14.9. The predicted octanol–water partition coefficient (Wildman–Crippen LogP) is 1.39. The minimum absolute atomic E-state index is 0.113. The fourth-order valence-electron chi connectivity index (χ4n) is 1.88. The number of carbonyl (C=O) groups is 1. The standard InChI is InChI=1S/C12H16ClN5O2/c1-4-20-12(19)11-8(14)5-18(16-11)6-9-10(13)7(2)15-17(9)3/h5H,4,6,14H2,1-3H3. The van der Waals surface area contributed by atoms with Gasteiger partial charge in [0.05, 0.1) is 35.2 Å². The van der Waals surface area contributed by atoms with E-state index in [0.717, 1.165) is 11.4 Å². The number of hydrogen-bond donors (Lipinski definition) is 1. The molecular formula is C12H16ClN5O2. The van der Waals surface area contributed by atoms with Gasteiger partial charge in [-0.25, -0.2) is 4.79 Å². The zero-order valence-electron chi connectivity index (χ0n) is 11.6. The van der Waals surface area contributed by atoms with Gasteiger partial charge in [0.25, 0.3) is 0 Å². The van der Waals surface area contributed by atoms with Crippen molar-refractivity contribution < 1.29 is 9.53 Å². The van der Waals surface area contributed by atoms with Crippen molar-refractivity contribution in [3.8, 4) is 0 Å². The number of ether oxygens (including phenoxy) is 1. The van der Waals surface area contributed by atoms with Crippen LogP contribution in [0.2, 0.25) is 5.02 Å². The van der Waals surface area contributed by atoms with Crippen molar-refractivity contribution in [1.29, 1.82) is 0 Å². The number of esters is 1. The summed E-state index contributed by atoms with van der Waals surface area (Å²) in [5.41, 5.74) is 7.70. The highest BCUT2D eigenvalue weighted by atomic mass is 35.5. The summed E-state index contributed by atoms with van der Waals surface area (Å²) in [4.78, 5) is 11.6. The fraction of sp³-hybridized carbons (Fsp3) is 0.417. The van der Waals surface area contributed by atoms with Crippen LogP contribution in [0.3, 0.4) is 0 Å². The van der Waals surface area contributed by atoms with E-state index in [1.54, 1.807) is 29.5 Å². The van der Waals surface area contributed by atoms with Crippen molar-refractivity contribution in [2.75, 3.05) is 12.3 Å². The van der Waals surface area contributed by atoms with E-state index in [-0.39, 0.29) is 18.0 Å². The molecule has 0 spiro atoms. The van der Waals surface area contributed by atoms with Crippen LogP contribution in [0.25, 0.3) is 0 Å². The van der Waals surface area contributed by atoms with Crippen molar-refractivity contribution in [1.82, 2.24) is 19.6 Å². The highest BCUT2D eigenvalue weighted by molar-refractivity contribution is 6.31. The Bertz CT molecular complexity index is 647. The molecule has 0 aliphatic rings. The SMILES string of the molecule is CCOC(=O)c1nn(Cc2c(Cl)c(C)nn2C)cc1N. The first kappa shape index (κ1) is 14.4. The molecule has 2 rings (SSSR count). The maximum absolute atomic E-state index is 11.6. The van der Waals surface area contributed by atoms with E-state index < -0.39 is 5.97 Å². The van der Waals surface area contributed by atoms with Gasteiger partial charge in [-0.1, -0.05) is 11.6 Å². The summed E-state index contributed by atoms with van der Waals surface area (Å²) in [6, 6.07) is 0. The van der Waals surface area contributed by atoms with Crippen LogP contribution in [0.1, 0.15) is 28.8 Å². The Morgan fingerprint density at radius 1 is 1.50 bits per heavy atom. The monoisotopic (exact) mass is 297 g/mol. The third-order valence-electron chi connectivity index (χ3n) is 2.83. The second-order valence-corrected chi connectivity index (χ2v) is 4.70. The summed E-state index contributed by atoms with van der Waals surface area (Å²) < 4.78 is 8.11. The molecule has 7 nitrogen and oxygen atoms in total. The first-order valence-corrected chi connectivity index (χ1v) is 6.49. The maximum atomic E-state index is 11.6. The number of aryl methyl sites for hydroxylation is 2. The number of hydrogen-bond acceptors (Lipinski definition) is 5. The average molecular weight is 298 g/mol. The molecule has 2 aromatic rings. The van der Waals surface area contributed by atoms with Gasteiger partial charge in [0.2, 0.25) is 0 Å². The summed E-state index contributed by atoms with van der Waals surface area (Å²) in [6.45, 7) is 4.20. The molecule has 0 saturated carbocycles. The summed E-state index contributed by atoms with van der Waals surface area (Å²) in [6.07, 6.45) is 1.57. The Morgan fingerprint density at radius 2 is 2.20 bits per heavy atom. The molecule has 0 radical (unpaired) electrons. The Hall–Kier alpha value is -2.02. The Morgan fingerprint density at radius 3 is 2.75 bits per heavy atom. The van der Waals surface area contributed by atoms with Crippen LogP contribution in [0.15, 0.2) is 6.20 Å². The molecule has 0 fully saturated rings. The second-order valence-electron chi connectivity index (χ2n) is 4.32. The van der Waals surface area contributed by atoms with Crippen molar-refractivity contribution in [2.45, 2.75) is 20.4 Å². The lowest BCUT2D eigenvalue weighted by Crippen LogP contribution is -2.10. The lowest BCUT2D eigenvalue weighted by Gasteiger charge is -2.03. The number of anilines is 1. The van der Waals surface area contributed by atoms with Crippen LogP contribution in [-0.4, -0.2) is 32.1 Å². The zero-order valence-corrected chi connectivity index (χ0v) is 12.3. The lowest BCUT2D eigenvalue weighted by molar-refractivity contribution is 0.0519. The van der Waals surface area contributed by atoms with Crippen molar-refractivity contribution >= 4 is 23.3 Å². The molecule has 0 amide bonds. The normalized spacial score (nSPS) is 10.8. The van der Waals surface area contributed by atoms with E-state index >= 15 is 0 Å². The second kappa shape index (κ2) is 5.54. The van der Waals surface area contributed by atoms with Gasteiger partial charge in [-0.15, -0.1) is 0 Å². The first-order valence-electron chi connectivity index (χ1n) is 6.12. The fourth-order valence-corrected chi connectivity index (χ4v) is 2.10. The lowest BCUT2D eigenvalue weighted by atomic mass is 10.3. The molecule has 20 heavy (non-hydrogen) atoms. The van der Waals surface area contributed by atoms with Gasteiger partial charge in [-0.2, -0.15) is 10.2 Å². The largest absolute Gasteiger partial charge is 0.461 e. The average Bonchev–Trinajstić information content (AvgIpc) is 2.86. The molecule has 8 heteroatoms. The predicted molar refractivity (Wildman–Crippen MR) is 74.7 cm³/mol. The van der Waals surface area contributed by atoms with E-state index in [0.29, 0.717) is 11.6 Å². The molecule has 108 valence electrons. The summed E-state index contributed by atoms with van der Waals surface area (Å²) in [5.74, 6) is -0.531. The molecule has 0 saturated heterocycles. The molecule has 2 aromatic heterocycles. The number of nitrogen functional groups attached to an aromatic ring is 1. The van der Waals surface area contributed by atoms with Crippen LogP contribution in [0.4, 0.5) is 5.69 Å². The van der Waals surface area contributed by atoms with Crippen molar-refractivity contribution in [2.24, 2.45) is 7.05 Å². The molecule has 0 aliphatic carbocycles. The molecule has 0 unspecified atom stereocenters. The third-order valence-corrected chi connectivity index (χ3v) is 3.32. The number of nitrogens with zero attached hydrogens (tertiary/aromatic N) is 4. The van der Waals surface area contributed by atoms with Crippen LogP contribution in [0.5, 0.6) is 0 Å². The molecule has 2 N–H and O–H groups in total. The smallest absolute Gasteiger partial charge is 0.361 e. The number of nitrogens with two attached hydrogens (primary N) is 1. The third kappa shape index (κ3) is 2.62. The van der Waals surface area contributed by atoms with Gasteiger partial charge < -0.3 is 10.5 Å². The van der Waals surface area contributed by atoms with E-state index in [1.807, 2.05) is 6.92 Å². The summed E-state index contributed by atoms with van der Waals surface area (Å²) in [5, 5.41) is 8.94. The topological polar surface area (TPSA) is 88.0 Å². The van der Waals surface area contributed by atoms with E-state index in [2.05, 4.69) is 10.2 Å². The van der Waals surface area contributed by atoms with Crippen LogP contribution >= 0.6 is 11.6 Å². The molecule has 0 bridgehead atoms. The summed E-state index contributed by atoms with van der Waals surface area (Å²) in [7, 11) is 1.80. The van der Waals surface area contributed by atoms with Crippen LogP contribution in [0, 0.1) is 6.92 Å². The highest BCUT2D eigenvalue weighted by Crippen LogP contribution is 2.21. The molecule has 0 atom stereocenters. The number of carbonyl (C=O) groups excluding carboxylic acids is 1. The Kier molecular flexibility index (Phi) is 3.99. The van der Waals surface area contributed by atoms with Crippen LogP contribution in [-0.2, 0) is 18.3 Å². The molecule has 0 aliphatic heterocycles. The van der Waals surface area contributed by atoms with Gasteiger partial charge in [-0.05, 0) is 13.8 Å². The quantitative estimate of drug-likeness (QED) is 0.862. The molecular weight excluding hydrogens is 282 g/mol. The van der Waals surface area contributed by atoms with Gasteiger partial charge in [-0.3, -0.25) is 9.36 Å². The highest BCUT2D eigenvalue weighted by Gasteiger charge is 2.18. The van der Waals surface area contributed by atoms with Crippen LogP contribution < -0.4 is 5.73 Å². The number of aromatic nitrogens is 4. The maximum Gasteiger partial charge on any atom is 0.361 e. The van der Waals surface area contributed by atoms with Gasteiger partial charge >= 0.3 is 5.97 Å². The van der Waals surface area contributed by atoms with E-state index in [1.165, 1.54) is 0 Å². The molecule has 0 aromatic carbocycles. The Labute approximate surface area is 121 Å².